The zero-order chi connectivity index (χ0) is 13.3. The highest BCUT2D eigenvalue weighted by Crippen LogP contribution is 2.37. The lowest BCUT2D eigenvalue weighted by molar-refractivity contribution is 0.398. The van der Waals surface area contributed by atoms with Crippen LogP contribution in [0.25, 0.3) is 0 Å². The van der Waals surface area contributed by atoms with Gasteiger partial charge in [-0.15, -0.1) is 0 Å². The van der Waals surface area contributed by atoms with Gasteiger partial charge >= 0.3 is 0 Å². The molecule has 0 aromatic heterocycles. The molecule has 0 heterocycles. The fraction of sp³-hybridized carbons (Fsp3) is 0.143. The van der Waals surface area contributed by atoms with Crippen LogP contribution in [-0.4, -0.2) is 15.3 Å². The molecule has 94 valence electrons. The summed E-state index contributed by atoms with van der Waals surface area (Å²) in [5, 5.41) is 28.5. The molecule has 0 aliphatic rings. The van der Waals surface area contributed by atoms with Crippen molar-refractivity contribution in [2.24, 2.45) is 0 Å². The van der Waals surface area contributed by atoms with Crippen LogP contribution in [-0.2, 0) is 0 Å². The Morgan fingerprint density at radius 2 is 1.50 bits per heavy atom. The second kappa shape index (κ2) is 4.49. The summed E-state index contributed by atoms with van der Waals surface area (Å²) in [5.74, 6) is 0.619. The number of aromatic hydroxyl groups is 3. The fourth-order valence-corrected chi connectivity index (χ4v) is 1.77. The second-order valence-corrected chi connectivity index (χ2v) is 4.22. The first kappa shape index (κ1) is 12.1. The molecule has 0 aliphatic heterocycles. The van der Waals surface area contributed by atoms with Crippen LogP contribution in [0.4, 0.5) is 0 Å². The molecule has 2 aromatic carbocycles. The number of ether oxygens (including phenoxy) is 1. The highest BCUT2D eigenvalue weighted by molar-refractivity contribution is 5.52. The van der Waals surface area contributed by atoms with Gasteiger partial charge in [0.25, 0.3) is 0 Å². The van der Waals surface area contributed by atoms with Gasteiger partial charge in [0.1, 0.15) is 17.2 Å². The molecule has 0 aliphatic carbocycles. The Balaban J connectivity index is 2.40. The third-order valence-electron chi connectivity index (χ3n) is 2.50. The van der Waals surface area contributed by atoms with E-state index in [0.717, 1.165) is 5.56 Å². The lowest BCUT2D eigenvalue weighted by atomic mass is 10.2. The molecule has 2 rings (SSSR count). The van der Waals surface area contributed by atoms with E-state index < -0.39 is 0 Å². The van der Waals surface area contributed by atoms with E-state index in [1.807, 2.05) is 6.92 Å². The van der Waals surface area contributed by atoms with Crippen molar-refractivity contribution in [2.75, 3.05) is 0 Å². The van der Waals surface area contributed by atoms with E-state index >= 15 is 0 Å². The van der Waals surface area contributed by atoms with Crippen LogP contribution in [0.5, 0.6) is 28.7 Å². The lowest BCUT2D eigenvalue weighted by Gasteiger charge is -2.11. The van der Waals surface area contributed by atoms with Crippen molar-refractivity contribution in [3.63, 3.8) is 0 Å². The SMILES string of the molecule is Cc1cc(O)cc(Oc2c(C)cc(O)cc2O)c1. The number of hydrogen-bond acceptors (Lipinski definition) is 4. The van der Waals surface area contributed by atoms with Crippen LogP contribution in [0, 0.1) is 13.8 Å². The summed E-state index contributed by atoms with van der Waals surface area (Å²) >= 11 is 0. The van der Waals surface area contributed by atoms with E-state index in [1.54, 1.807) is 19.1 Å². The average molecular weight is 246 g/mol. The monoisotopic (exact) mass is 246 g/mol. The quantitative estimate of drug-likeness (QED) is 0.761. The minimum atomic E-state index is -0.145. The molecular formula is C14H14O4. The van der Waals surface area contributed by atoms with E-state index in [4.69, 9.17) is 4.74 Å². The maximum Gasteiger partial charge on any atom is 0.172 e. The van der Waals surface area contributed by atoms with E-state index in [9.17, 15) is 15.3 Å². The van der Waals surface area contributed by atoms with Gasteiger partial charge in [-0.1, -0.05) is 0 Å². The van der Waals surface area contributed by atoms with E-state index in [1.165, 1.54) is 18.2 Å². The molecule has 3 N–H and O–H groups in total. The van der Waals surface area contributed by atoms with E-state index in [2.05, 4.69) is 0 Å². The number of benzene rings is 2. The molecular weight excluding hydrogens is 232 g/mol. The van der Waals surface area contributed by atoms with Crippen molar-refractivity contribution in [1.82, 2.24) is 0 Å². The van der Waals surface area contributed by atoms with Gasteiger partial charge in [0.2, 0.25) is 0 Å². The smallest absolute Gasteiger partial charge is 0.172 e. The van der Waals surface area contributed by atoms with Crippen molar-refractivity contribution in [3.05, 3.63) is 41.5 Å². The van der Waals surface area contributed by atoms with Crippen molar-refractivity contribution >= 4 is 0 Å². The summed E-state index contributed by atoms with van der Waals surface area (Å²) in [6.45, 7) is 3.54. The highest BCUT2D eigenvalue weighted by Gasteiger charge is 2.10. The summed E-state index contributed by atoms with van der Waals surface area (Å²) < 4.78 is 5.54. The summed E-state index contributed by atoms with van der Waals surface area (Å²) in [6, 6.07) is 7.50. The Labute approximate surface area is 105 Å². The summed E-state index contributed by atoms with van der Waals surface area (Å²) in [7, 11) is 0. The molecule has 0 atom stereocenters. The minimum Gasteiger partial charge on any atom is -0.508 e. The summed E-state index contributed by atoms with van der Waals surface area (Å²) in [6.07, 6.45) is 0. The predicted octanol–water partition coefficient (Wildman–Crippen LogP) is 3.21. The molecule has 0 radical (unpaired) electrons. The molecule has 0 saturated heterocycles. The van der Waals surface area contributed by atoms with Gasteiger partial charge in [-0.05, 0) is 43.2 Å². The number of rotatable bonds is 2. The normalized spacial score (nSPS) is 10.3. The van der Waals surface area contributed by atoms with Crippen molar-refractivity contribution in [3.8, 4) is 28.7 Å². The zero-order valence-corrected chi connectivity index (χ0v) is 10.1. The van der Waals surface area contributed by atoms with Crippen LogP contribution in [0.1, 0.15) is 11.1 Å². The molecule has 4 heteroatoms. The summed E-state index contributed by atoms with van der Waals surface area (Å²) in [5.41, 5.74) is 1.45. The van der Waals surface area contributed by atoms with Gasteiger partial charge < -0.3 is 20.1 Å². The second-order valence-electron chi connectivity index (χ2n) is 4.22. The van der Waals surface area contributed by atoms with Crippen molar-refractivity contribution in [1.29, 1.82) is 0 Å². The van der Waals surface area contributed by atoms with Gasteiger partial charge in [-0.25, -0.2) is 0 Å². The Kier molecular flexibility index (Phi) is 3.02. The number of phenolic OH excluding ortho intramolecular Hbond substituents is 3. The standard InChI is InChI=1S/C14H14O4/c1-8-3-10(15)6-12(4-8)18-14-9(2)5-11(16)7-13(14)17/h3-7,15-17H,1-2H3. The Morgan fingerprint density at radius 1 is 0.833 bits per heavy atom. The van der Waals surface area contributed by atoms with Gasteiger partial charge in [-0.2, -0.15) is 0 Å². The fourth-order valence-electron chi connectivity index (χ4n) is 1.77. The third kappa shape index (κ3) is 2.48. The molecule has 0 unspecified atom stereocenters. The van der Waals surface area contributed by atoms with Crippen LogP contribution in [0.15, 0.2) is 30.3 Å². The molecule has 0 fully saturated rings. The Bertz CT molecular complexity index is 547. The van der Waals surface area contributed by atoms with Crippen LogP contribution >= 0.6 is 0 Å². The Hall–Kier alpha value is -2.36. The molecule has 0 spiro atoms. The third-order valence-corrected chi connectivity index (χ3v) is 2.50. The molecule has 0 saturated carbocycles. The molecule has 18 heavy (non-hydrogen) atoms. The first-order valence-corrected chi connectivity index (χ1v) is 5.47. The Morgan fingerprint density at radius 3 is 2.11 bits per heavy atom. The predicted molar refractivity (Wildman–Crippen MR) is 67.4 cm³/mol. The van der Waals surface area contributed by atoms with Gasteiger partial charge in [0, 0.05) is 12.1 Å². The van der Waals surface area contributed by atoms with E-state index in [-0.39, 0.29) is 23.0 Å². The number of hydrogen-bond donors (Lipinski definition) is 3. The maximum atomic E-state index is 9.72. The van der Waals surface area contributed by atoms with Crippen molar-refractivity contribution in [2.45, 2.75) is 13.8 Å². The van der Waals surface area contributed by atoms with Gasteiger partial charge in [-0.3, -0.25) is 0 Å². The van der Waals surface area contributed by atoms with Gasteiger partial charge in [0.05, 0.1) is 0 Å². The average Bonchev–Trinajstić information content (AvgIpc) is 2.22. The lowest BCUT2D eigenvalue weighted by Crippen LogP contribution is -1.89. The first-order valence-electron chi connectivity index (χ1n) is 5.47. The van der Waals surface area contributed by atoms with E-state index in [0.29, 0.717) is 11.3 Å². The van der Waals surface area contributed by atoms with Crippen LogP contribution in [0.2, 0.25) is 0 Å². The minimum absolute atomic E-state index is 0.0237. The molecule has 2 aromatic rings. The highest BCUT2D eigenvalue weighted by atomic mass is 16.5. The molecule has 0 bridgehead atoms. The first-order chi connectivity index (χ1) is 8.45. The topological polar surface area (TPSA) is 69.9 Å². The number of aryl methyl sites for hydroxylation is 2. The largest absolute Gasteiger partial charge is 0.508 e. The molecule has 0 amide bonds. The van der Waals surface area contributed by atoms with Gasteiger partial charge in [0.15, 0.2) is 11.5 Å². The summed E-state index contributed by atoms with van der Waals surface area (Å²) in [4.78, 5) is 0. The number of phenols is 3. The van der Waals surface area contributed by atoms with Crippen molar-refractivity contribution < 1.29 is 20.1 Å². The zero-order valence-electron chi connectivity index (χ0n) is 10.1. The van der Waals surface area contributed by atoms with Crippen LogP contribution in [0.3, 0.4) is 0 Å². The molecule has 4 nitrogen and oxygen atoms in total. The maximum absolute atomic E-state index is 9.72. The van der Waals surface area contributed by atoms with Crippen LogP contribution < -0.4 is 4.74 Å².